The van der Waals surface area contributed by atoms with Crippen molar-refractivity contribution >= 4 is 41.1 Å². The highest BCUT2D eigenvalue weighted by Gasteiger charge is 2.28. The minimum Gasteiger partial charge on any atom is -0.361 e. The summed E-state index contributed by atoms with van der Waals surface area (Å²) < 4.78 is 33.3. The molecule has 178 valence electrons. The number of ether oxygens (including phenoxy) is 1. The van der Waals surface area contributed by atoms with E-state index in [9.17, 15) is 13.2 Å². The van der Waals surface area contributed by atoms with Gasteiger partial charge in [-0.1, -0.05) is 19.6 Å². The van der Waals surface area contributed by atoms with E-state index in [1.165, 1.54) is 10.5 Å². The fourth-order valence-electron chi connectivity index (χ4n) is 3.50. The van der Waals surface area contributed by atoms with E-state index in [4.69, 9.17) is 4.74 Å². The number of sulfonamides is 1. The van der Waals surface area contributed by atoms with E-state index >= 15 is 0 Å². The number of piperidine rings is 1. The topological polar surface area (TPSA) is 118 Å². The summed E-state index contributed by atoms with van der Waals surface area (Å²) in [5.41, 5.74) is 1.35. The first-order valence-electron chi connectivity index (χ1n) is 11.0. The summed E-state index contributed by atoms with van der Waals surface area (Å²) in [6.45, 7) is 10.5. The van der Waals surface area contributed by atoms with E-state index in [-0.39, 0.29) is 18.3 Å². The predicted molar refractivity (Wildman–Crippen MR) is 128 cm³/mol. The maximum Gasteiger partial charge on any atom is 0.320 e. The maximum atomic E-state index is 12.4. The van der Waals surface area contributed by atoms with Crippen molar-refractivity contribution in [3.63, 3.8) is 0 Å². The Hall–Kier alpha value is -2.02. The van der Waals surface area contributed by atoms with E-state index in [2.05, 4.69) is 40.2 Å². The fourth-order valence-corrected chi connectivity index (χ4v) is 5.44. The lowest BCUT2D eigenvalue weighted by Gasteiger charge is -2.32. The van der Waals surface area contributed by atoms with Crippen LogP contribution in [0, 0.1) is 0 Å². The molecule has 1 aliphatic rings. The molecule has 1 atom stereocenters. The molecule has 0 aromatic carbocycles. The van der Waals surface area contributed by atoms with Crippen LogP contribution in [-0.2, 0) is 21.5 Å². The van der Waals surface area contributed by atoms with Crippen LogP contribution in [0.3, 0.4) is 0 Å². The molecule has 0 radical (unpaired) electrons. The molecule has 1 fully saturated rings. The summed E-state index contributed by atoms with van der Waals surface area (Å²) in [5.74, 6) is 0.395. The largest absolute Gasteiger partial charge is 0.361 e. The van der Waals surface area contributed by atoms with E-state index in [0.717, 1.165) is 19.1 Å². The van der Waals surface area contributed by atoms with Crippen LogP contribution in [0.2, 0.25) is 25.7 Å². The first kappa shape index (κ1) is 24.6. The minimum absolute atomic E-state index is 0.0600. The summed E-state index contributed by atoms with van der Waals surface area (Å²) in [6, 6.07) is 2.27. The molecule has 2 aromatic heterocycles. The van der Waals surface area contributed by atoms with Gasteiger partial charge < -0.3 is 14.6 Å². The standard InChI is InChI=1S/C20H34N6O4SSi/c1-5-31(28,29)26-9-6-7-16(14-26)22-20(27)24-18-13-21-19-17(23-18)8-10-25(19)15-30-11-12-32(2,3)4/h8,10,13,16H,5-7,9,11-12,14-15H2,1-4H3,(H2,22,23,24,27). The third-order valence-corrected chi connectivity index (χ3v) is 8.96. The molecule has 2 N–H and O–H groups in total. The first-order valence-corrected chi connectivity index (χ1v) is 16.3. The summed E-state index contributed by atoms with van der Waals surface area (Å²) in [5, 5.41) is 5.55. The Kier molecular flexibility index (Phi) is 7.91. The Morgan fingerprint density at radius 2 is 2.12 bits per heavy atom. The van der Waals surface area contributed by atoms with Crippen molar-refractivity contribution in [1.29, 1.82) is 0 Å². The fraction of sp³-hybridized carbons (Fsp3) is 0.650. The van der Waals surface area contributed by atoms with Crippen LogP contribution in [0.5, 0.6) is 0 Å². The van der Waals surface area contributed by atoms with E-state index < -0.39 is 24.1 Å². The van der Waals surface area contributed by atoms with Crippen LogP contribution in [-0.4, -0.2) is 72.9 Å². The lowest BCUT2D eigenvalue weighted by Crippen LogP contribution is -2.50. The molecule has 0 aliphatic carbocycles. The number of rotatable bonds is 9. The molecular weight excluding hydrogens is 448 g/mol. The number of urea groups is 1. The van der Waals surface area contributed by atoms with Crippen LogP contribution >= 0.6 is 0 Å². The lowest BCUT2D eigenvalue weighted by molar-refractivity contribution is 0.0899. The summed E-state index contributed by atoms with van der Waals surface area (Å²) in [6.07, 6.45) is 4.82. The highest BCUT2D eigenvalue weighted by atomic mass is 32.2. The third kappa shape index (κ3) is 6.74. The second kappa shape index (κ2) is 10.3. The van der Waals surface area contributed by atoms with Crippen molar-refractivity contribution in [2.45, 2.75) is 58.2 Å². The molecule has 0 saturated carbocycles. The van der Waals surface area contributed by atoms with Crippen molar-refractivity contribution in [1.82, 2.24) is 24.2 Å². The Bertz CT molecular complexity index is 1040. The molecule has 0 spiro atoms. The summed E-state index contributed by atoms with van der Waals surface area (Å²) in [7, 11) is -4.39. The average Bonchev–Trinajstić information content (AvgIpc) is 3.13. The average molecular weight is 483 g/mol. The summed E-state index contributed by atoms with van der Waals surface area (Å²) >= 11 is 0. The number of anilines is 1. The number of carbonyl (C=O) groups is 1. The summed E-state index contributed by atoms with van der Waals surface area (Å²) in [4.78, 5) is 21.3. The van der Waals surface area contributed by atoms with Crippen LogP contribution in [0.1, 0.15) is 19.8 Å². The Morgan fingerprint density at radius 3 is 2.84 bits per heavy atom. The molecule has 0 bridgehead atoms. The number of nitrogens with zero attached hydrogens (tertiary/aromatic N) is 4. The number of fused-ring (bicyclic) bond motifs is 1. The van der Waals surface area contributed by atoms with Gasteiger partial charge in [-0.3, -0.25) is 5.32 Å². The van der Waals surface area contributed by atoms with E-state index in [1.807, 2.05) is 16.8 Å². The molecule has 1 unspecified atom stereocenters. The maximum absolute atomic E-state index is 12.4. The smallest absolute Gasteiger partial charge is 0.320 e. The second-order valence-corrected chi connectivity index (χ2v) is 17.2. The van der Waals surface area contributed by atoms with Crippen molar-refractivity contribution in [3.05, 3.63) is 18.5 Å². The number of hydrogen-bond acceptors (Lipinski definition) is 6. The molecule has 3 rings (SSSR count). The number of nitrogens with one attached hydrogen (secondary N) is 2. The first-order chi connectivity index (χ1) is 15.1. The van der Waals surface area contributed by atoms with Crippen molar-refractivity contribution in [2.24, 2.45) is 0 Å². The molecule has 2 amide bonds. The monoisotopic (exact) mass is 482 g/mol. The molecule has 12 heteroatoms. The van der Waals surface area contributed by atoms with Gasteiger partial charge >= 0.3 is 6.03 Å². The Labute approximate surface area is 190 Å². The van der Waals surface area contributed by atoms with Crippen LogP contribution in [0.4, 0.5) is 10.6 Å². The normalized spacial score (nSPS) is 18.1. The minimum atomic E-state index is -3.26. The molecule has 3 heterocycles. The Morgan fingerprint density at radius 1 is 1.34 bits per heavy atom. The number of aromatic nitrogens is 3. The van der Waals surface area contributed by atoms with E-state index in [0.29, 0.717) is 36.7 Å². The van der Waals surface area contributed by atoms with Crippen LogP contribution in [0.15, 0.2) is 18.5 Å². The predicted octanol–water partition coefficient (Wildman–Crippen LogP) is 2.68. The van der Waals surface area contributed by atoms with Crippen molar-refractivity contribution in [3.8, 4) is 0 Å². The molecule has 1 aliphatic heterocycles. The van der Waals surface area contributed by atoms with Crippen molar-refractivity contribution in [2.75, 3.05) is 30.8 Å². The van der Waals surface area contributed by atoms with Gasteiger partial charge in [0.1, 0.15) is 12.2 Å². The molecule has 32 heavy (non-hydrogen) atoms. The van der Waals surface area contributed by atoms with Crippen LogP contribution in [0.25, 0.3) is 11.2 Å². The van der Waals surface area contributed by atoms with Gasteiger partial charge in [-0.15, -0.1) is 0 Å². The SMILES string of the molecule is CCS(=O)(=O)N1CCCC(NC(=O)Nc2cnc3c(ccn3COCC[Si](C)(C)C)n2)C1. The molecule has 2 aromatic rings. The van der Waals surface area contributed by atoms with Gasteiger partial charge in [0, 0.05) is 40.0 Å². The van der Waals surface area contributed by atoms with Gasteiger partial charge in [-0.2, -0.15) is 4.31 Å². The highest BCUT2D eigenvalue weighted by molar-refractivity contribution is 7.89. The quantitative estimate of drug-likeness (QED) is 0.419. The van der Waals surface area contributed by atoms with Gasteiger partial charge in [0.25, 0.3) is 0 Å². The zero-order valence-corrected chi connectivity index (χ0v) is 21.1. The zero-order chi connectivity index (χ0) is 23.4. The molecule has 10 nitrogen and oxygen atoms in total. The number of amides is 2. The molecule has 1 saturated heterocycles. The third-order valence-electron chi connectivity index (χ3n) is 5.41. The van der Waals surface area contributed by atoms with Gasteiger partial charge in [-0.25, -0.2) is 23.2 Å². The highest BCUT2D eigenvalue weighted by Crippen LogP contribution is 2.16. The molecular formula is C20H34N6O4SSi. The van der Waals surface area contributed by atoms with E-state index in [1.54, 1.807) is 6.92 Å². The van der Waals surface area contributed by atoms with Gasteiger partial charge in [-0.05, 0) is 31.9 Å². The van der Waals surface area contributed by atoms with Crippen molar-refractivity contribution < 1.29 is 17.9 Å². The van der Waals surface area contributed by atoms with Gasteiger partial charge in [0.05, 0.1) is 11.9 Å². The van der Waals surface area contributed by atoms with Gasteiger partial charge in [0.15, 0.2) is 11.5 Å². The lowest BCUT2D eigenvalue weighted by atomic mass is 10.1. The Balaban J connectivity index is 1.54. The number of carbonyl (C=O) groups excluding carboxylic acids is 1. The zero-order valence-electron chi connectivity index (χ0n) is 19.3. The second-order valence-electron chi connectivity index (χ2n) is 9.29. The van der Waals surface area contributed by atoms with Crippen LogP contribution < -0.4 is 10.6 Å². The number of hydrogen-bond donors (Lipinski definition) is 2. The van der Waals surface area contributed by atoms with Gasteiger partial charge in [0.2, 0.25) is 10.0 Å².